The standard InChI is InChI=1S/C24H31N7.2C22H28N8.C22H27N7S/c1-2-8-24(9-3-1)10-4-5-19-15-18-16-27-23(29-22(18)31(19)24)28-21-7-6-20(17-26-21)30-13-11-25-12-14-30;2*1-15(2)28-8-10-29(11-9-28)18-4-5-20(24-14-18)26-22-25-13-17-12-19-16(3)23-6-7-30(19)21(17)27-22;1-15(2)27-8-10-28(11-9-27)17-5-6-20(23-14-17)25-22-24-13-16-12-18-19(30)4-3-7-29(18)21(16)26-22/h6-7,15-17,25H,1-5,8-14H2,(H,26,27,28,29);2*4-5,12-15H,6-11H2,1-3H3,(H,24,25,26,27);5-6,12-15H,3-4,7-11H2,1-2H3,(H,23,24,25,26). The zero-order chi connectivity index (χ0) is 82.7. The van der Waals surface area contributed by atoms with Crippen molar-refractivity contribution in [3.05, 3.63) is 145 Å². The normalized spacial score (nSPS) is 18.3. The summed E-state index contributed by atoms with van der Waals surface area (Å²) < 4.78 is 9.23. The van der Waals surface area contributed by atoms with Gasteiger partial charge in [-0.2, -0.15) is 19.9 Å². The van der Waals surface area contributed by atoms with Crippen molar-refractivity contribution in [2.75, 3.05) is 159 Å². The van der Waals surface area contributed by atoms with Crippen molar-refractivity contribution in [1.82, 2.24) is 98.1 Å². The molecule has 8 aliphatic heterocycles. The molecule has 0 unspecified atom stereocenters. The molecule has 121 heavy (non-hydrogen) atoms. The van der Waals surface area contributed by atoms with E-state index >= 15 is 0 Å². The fourth-order valence-electron chi connectivity index (χ4n) is 18.8. The molecule has 30 nitrogen and oxygen atoms in total. The molecule has 630 valence electrons. The van der Waals surface area contributed by atoms with Gasteiger partial charge in [0.2, 0.25) is 23.8 Å². The molecule has 0 aromatic carbocycles. The monoisotopic (exact) mass is 1650 g/mol. The van der Waals surface area contributed by atoms with Crippen LogP contribution in [-0.4, -0.2) is 245 Å². The Hall–Kier alpha value is -11.3. The quantitative estimate of drug-likeness (QED) is 0.0596. The third-order valence-corrected chi connectivity index (χ3v) is 26.1. The first-order valence-corrected chi connectivity index (χ1v) is 44.3. The van der Waals surface area contributed by atoms with Crippen LogP contribution in [0.4, 0.5) is 69.8 Å². The molecule has 1 spiro atoms. The van der Waals surface area contributed by atoms with Gasteiger partial charge < -0.3 is 64.5 Å². The number of aryl methyl sites for hydroxylation is 2. The zero-order valence-corrected chi connectivity index (χ0v) is 72.1. The summed E-state index contributed by atoms with van der Waals surface area (Å²) in [6.07, 6.45) is 27.7. The van der Waals surface area contributed by atoms with Gasteiger partial charge in [0.05, 0.1) is 89.1 Å². The molecule has 0 radical (unpaired) electrons. The lowest BCUT2D eigenvalue weighted by atomic mass is 9.76. The van der Waals surface area contributed by atoms with E-state index in [-0.39, 0.29) is 5.54 Å². The molecule has 31 heteroatoms. The van der Waals surface area contributed by atoms with E-state index in [0.717, 1.165) is 275 Å². The third-order valence-electron chi connectivity index (χ3n) is 25.7. The number of thiocarbonyl (C=S) groups is 1. The molecule has 1 saturated carbocycles. The molecule has 12 aromatic rings. The van der Waals surface area contributed by atoms with Gasteiger partial charge in [0.25, 0.3) is 0 Å². The maximum absolute atomic E-state index is 5.52. The zero-order valence-electron chi connectivity index (χ0n) is 71.3. The van der Waals surface area contributed by atoms with Crippen LogP contribution in [0.15, 0.2) is 132 Å². The van der Waals surface area contributed by atoms with Crippen molar-refractivity contribution in [3.63, 3.8) is 0 Å². The highest BCUT2D eigenvalue weighted by molar-refractivity contribution is 7.80. The number of nitrogens with zero attached hydrogens (tertiary/aromatic N) is 25. The molecular weight excluding hydrogens is 1530 g/mol. The van der Waals surface area contributed by atoms with Crippen LogP contribution in [0.2, 0.25) is 0 Å². The summed E-state index contributed by atoms with van der Waals surface area (Å²) in [6.45, 7) is 38.8. The van der Waals surface area contributed by atoms with Crippen molar-refractivity contribution >= 4 is 142 Å². The Kier molecular flexibility index (Phi) is 23.9. The first-order chi connectivity index (χ1) is 59.0. The minimum Gasteiger partial charge on any atom is -0.368 e. The van der Waals surface area contributed by atoms with Crippen LogP contribution >= 0.6 is 12.2 Å². The summed E-state index contributed by atoms with van der Waals surface area (Å²) in [7, 11) is 0. The van der Waals surface area contributed by atoms with E-state index in [1.54, 1.807) is 0 Å². The highest BCUT2D eigenvalue weighted by atomic mass is 32.1. The Bertz CT molecular complexity index is 5330. The highest BCUT2D eigenvalue weighted by Gasteiger charge is 2.39. The predicted molar refractivity (Wildman–Crippen MR) is 491 cm³/mol. The smallest absolute Gasteiger partial charge is 0.230 e. The first-order valence-electron chi connectivity index (χ1n) is 43.9. The molecule has 5 N–H and O–H groups in total. The molecule has 21 rings (SSSR count). The number of anilines is 12. The number of hydrogen-bond acceptors (Lipinski definition) is 27. The van der Waals surface area contributed by atoms with E-state index in [1.165, 1.54) is 56.3 Å². The van der Waals surface area contributed by atoms with Crippen LogP contribution < -0.4 is 46.2 Å². The van der Waals surface area contributed by atoms with Gasteiger partial charge in [0, 0.05) is 205 Å². The van der Waals surface area contributed by atoms with Crippen LogP contribution in [-0.2, 0) is 31.6 Å². The van der Waals surface area contributed by atoms with Crippen molar-refractivity contribution in [2.45, 2.75) is 163 Å². The summed E-state index contributed by atoms with van der Waals surface area (Å²) in [5.41, 5.74) is 15.7. The van der Waals surface area contributed by atoms with Crippen LogP contribution in [0.5, 0.6) is 0 Å². The number of pyridine rings is 4. The number of aliphatic imine (C=N–C) groups is 2. The number of aromatic nitrogens is 16. The largest absolute Gasteiger partial charge is 0.368 e. The minimum absolute atomic E-state index is 0.266. The summed E-state index contributed by atoms with van der Waals surface area (Å²) in [5, 5.41) is 20.8. The van der Waals surface area contributed by atoms with E-state index in [4.69, 9.17) is 32.2 Å². The lowest BCUT2D eigenvalue weighted by Gasteiger charge is -2.43. The fraction of sp³-hybridized carbons (Fsp3) is 0.478. The molecule has 0 amide bonds. The Labute approximate surface area is 713 Å². The van der Waals surface area contributed by atoms with E-state index in [2.05, 4.69) is 219 Å². The van der Waals surface area contributed by atoms with E-state index < -0.39 is 0 Å². The summed E-state index contributed by atoms with van der Waals surface area (Å²) in [4.78, 5) is 82.8. The van der Waals surface area contributed by atoms with Gasteiger partial charge in [0.15, 0.2) is 0 Å². The van der Waals surface area contributed by atoms with Crippen molar-refractivity contribution < 1.29 is 0 Å². The van der Waals surface area contributed by atoms with Gasteiger partial charge in [-0.05, 0) is 173 Å². The van der Waals surface area contributed by atoms with Gasteiger partial charge >= 0.3 is 0 Å². The first kappa shape index (κ1) is 80.8. The van der Waals surface area contributed by atoms with E-state index in [1.807, 2.05) is 87.7 Å². The molecule has 0 atom stereocenters. The molecular formula is C90H114N30S. The molecule has 5 fully saturated rings. The summed E-state index contributed by atoms with van der Waals surface area (Å²) in [5.74, 6) is 5.36. The maximum atomic E-state index is 5.52. The van der Waals surface area contributed by atoms with Crippen LogP contribution in [0.3, 0.4) is 0 Å². The SMILES string of the molecule is CC(C)N1CCN(c2ccc(Nc3ncc4cc5n(c4n3)CCCC5=S)nc2)CC1.CC1=NCCn2c1cc1cnc(Nc3ccc(N4CCN(C(C)C)CC4)cn3)nc12.CC1=NCCn2c1cc1cnc(Nc3ccc(N4CCN(C(C)C)CC4)cn3)nc12.c1cc(Nc2ncc3cc4n(c3n2)C2(CCCCC2)CCC4)ncc1N1CCNCC1. The number of piperazine rings is 4. The molecule has 4 saturated heterocycles. The van der Waals surface area contributed by atoms with Crippen molar-refractivity contribution in [1.29, 1.82) is 0 Å². The van der Waals surface area contributed by atoms with Gasteiger partial charge in [-0.1, -0.05) is 31.5 Å². The van der Waals surface area contributed by atoms with Gasteiger partial charge in [0.1, 0.15) is 45.9 Å². The molecule has 9 aliphatic rings. The Balaban J connectivity index is 0.000000110. The molecule has 20 heterocycles. The second kappa shape index (κ2) is 35.8. The highest BCUT2D eigenvalue weighted by Crippen LogP contribution is 2.45. The Morgan fingerprint density at radius 2 is 0.711 bits per heavy atom. The third kappa shape index (κ3) is 17.8. The lowest BCUT2D eigenvalue weighted by molar-refractivity contribution is 0.159. The average molecular weight is 1650 g/mol. The average Bonchev–Trinajstić information content (AvgIpc) is 1.60. The fourth-order valence-corrected chi connectivity index (χ4v) is 19.1. The maximum Gasteiger partial charge on any atom is 0.230 e. The number of hydrogen-bond donors (Lipinski definition) is 5. The van der Waals surface area contributed by atoms with E-state index in [9.17, 15) is 0 Å². The van der Waals surface area contributed by atoms with E-state index in [0.29, 0.717) is 41.9 Å². The minimum atomic E-state index is 0.266. The topological polar surface area (TPSA) is 282 Å². The summed E-state index contributed by atoms with van der Waals surface area (Å²) in [6, 6.07) is 27.0. The van der Waals surface area contributed by atoms with Crippen LogP contribution in [0.1, 0.15) is 136 Å². The van der Waals surface area contributed by atoms with Crippen LogP contribution in [0.25, 0.3) is 44.1 Å². The predicted octanol–water partition coefficient (Wildman–Crippen LogP) is 13.4. The number of nitrogens with one attached hydrogen (secondary N) is 5. The molecule has 1 aliphatic carbocycles. The Morgan fingerprint density at radius 1 is 0.355 bits per heavy atom. The van der Waals surface area contributed by atoms with Gasteiger partial charge in [-0.15, -0.1) is 0 Å². The molecule has 12 aromatic heterocycles. The van der Waals surface area contributed by atoms with Crippen LogP contribution in [0, 0.1) is 0 Å². The second-order valence-corrected chi connectivity index (χ2v) is 34.7. The summed E-state index contributed by atoms with van der Waals surface area (Å²) >= 11 is 5.52. The second-order valence-electron chi connectivity index (χ2n) is 34.2. The number of rotatable bonds is 15. The van der Waals surface area contributed by atoms with Crippen molar-refractivity contribution in [2.24, 2.45) is 9.98 Å². The Morgan fingerprint density at radius 3 is 1.09 bits per heavy atom. The van der Waals surface area contributed by atoms with Gasteiger partial charge in [-0.25, -0.2) is 39.9 Å². The molecule has 0 bridgehead atoms. The van der Waals surface area contributed by atoms with Gasteiger partial charge in [-0.3, -0.25) is 24.7 Å². The van der Waals surface area contributed by atoms with Crippen molar-refractivity contribution in [3.8, 4) is 0 Å². The number of fused-ring (bicyclic) bond motifs is 13. The lowest BCUT2D eigenvalue weighted by Crippen LogP contribution is -2.48.